The molecule has 5 heteroatoms. The molecule has 4 rings (SSSR count). The summed E-state index contributed by atoms with van der Waals surface area (Å²) in [6, 6.07) is 21.9. The van der Waals surface area contributed by atoms with Crippen LogP contribution in [0.5, 0.6) is 0 Å². The van der Waals surface area contributed by atoms with Crippen LogP contribution in [0.15, 0.2) is 71.5 Å². The molecule has 0 unspecified atom stereocenters. The molecule has 1 aliphatic rings. The summed E-state index contributed by atoms with van der Waals surface area (Å²) in [6.07, 6.45) is 1.01. The van der Waals surface area contributed by atoms with E-state index in [1.165, 1.54) is 5.56 Å². The number of pyridine rings is 1. The minimum absolute atomic E-state index is 0.185. The molecule has 1 fully saturated rings. The van der Waals surface area contributed by atoms with Crippen LogP contribution in [0.25, 0.3) is 11.3 Å². The average Bonchev–Trinajstić information content (AvgIpc) is 2.78. The van der Waals surface area contributed by atoms with Crippen molar-refractivity contribution in [3.05, 3.63) is 93.8 Å². The van der Waals surface area contributed by atoms with E-state index < -0.39 is 0 Å². The Hall–Kier alpha value is -3.18. The van der Waals surface area contributed by atoms with Crippen molar-refractivity contribution in [2.75, 3.05) is 32.7 Å². The number of carbonyl (C=O) groups excluding carboxylic acids is 1. The van der Waals surface area contributed by atoms with Gasteiger partial charge in [0.15, 0.2) is 0 Å². The first-order valence-corrected chi connectivity index (χ1v) is 10.5. The van der Waals surface area contributed by atoms with Gasteiger partial charge >= 0.3 is 0 Å². The Bertz CT molecular complexity index is 1070. The first kappa shape index (κ1) is 20.1. The van der Waals surface area contributed by atoms with E-state index in [1.54, 1.807) is 11.0 Å². The molecule has 0 saturated carbocycles. The van der Waals surface area contributed by atoms with Crippen molar-refractivity contribution in [2.45, 2.75) is 13.3 Å². The lowest BCUT2D eigenvalue weighted by atomic mass is 10.1. The Labute approximate surface area is 177 Å². The number of nitrogens with one attached hydrogen (secondary N) is 1. The number of benzene rings is 2. The van der Waals surface area contributed by atoms with Gasteiger partial charge in [-0.3, -0.25) is 14.5 Å². The second kappa shape index (κ2) is 9.09. The van der Waals surface area contributed by atoms with Gasteiger partial charge in [-0.2, -0.15) is 0 Å². The predicted molar refractivity (Wildman–Crippen MR) is 120 cm³/mol. The van der Waals surface area contributed by atoms with E-state index in [9.17, 15) is 9.59 Å². The molecule has 0 atom stereocenters. The number of aryl methyl sites for hydroxylation is 1. The van der Waals surface area contributed by atoms with Crippen molar-refractivity contribution in [2.24, 2.45) is 0 Å². The summed E-state index contributed by atoms with van der Waals surface area (Å²) in [5.74, 6) is -0.185. The number of hydrogen-bond donors (Lipinski definition) is 1. The smallest absolute Gasteiger partial charge is 0.261 e. The van der Waals surface area contributed by atoms with Crippen LogP contribution in [0.4, 0.5) is 0 Å². The number of amides is 1. The number of hydrogen-bond acceptors (Lipinski definition) is 3. The van der Waals surface area contributed by atoms with Crippen molar-refractivity contribution in [1.29, 1.82) is 0 Å². The fourth-order valence-corrected chi connectivity index (χ4v) is 3.90. The standard InChI is InChI=1S/C25H27N3O2/c1-19-6-5-9-21(18-19)23-11-10-22(24(29)26-23)25(30)28-16-14-27(15-17-28)13-12-20-7-3-2-4-8-20/h2-11,18H,12-17H2,1H3,(H,26,29). The number of aromatic nitrogens is 1. The third kappa shape index (κ3) is 4.69. The lowest BCUT2D eigenvalue weighted by molar-refractivity contribution is 0.0637. The van der Waals surface area contributed by atoms with Crippen LogP contribution in [-0.2, 0) is 6.42 Å². The summed E-state index contributed by atoms with van der Waals surface area (Å²) < 4.78 is 0. The van der Waals surface area contributed by atoms with Crippen molar-refractivity contribution in [1.82, 2.24) is 14.8 Å². The molecule has 1 aromatic heterocycles. The van der Waals surface area contributed by atoms with Gasteiger partial charge < -0.3 is 9.88 Å². The first-order valence-electron chi connectivity index (χ1n) is 10.5. The molecule has 1 saturated heterocycles. The Kier molecular flexibility index (Phi) is 6.10. The molecular formula is C25H27N3O2. The number of carbonyl (C=O) groups is 1. The number of nitrogens with zero attached hydrogens (tertiary/aromatic N) is 2. The maximum atomic E-state index is 12.9. The van der Waals surface area contributed by atoms with E-state index in [0.717, 1.165) is 42.9 Å². The highest BCUT2D eigenvalue weighted by Crippen LogP contribution is 2.17. The third-order valence-electron chi connectivity index (χ3n) is 5.69. The van der Waals surface area contributed by atoms with Gasteiger partial charge in [0.25, 0.3) is 11.5 Å². The fraction of sp³-hybridized carbons (Fsp3) is 0.280. The highest BCUT2D eigenvalue weighted by Gasteiger charge is 2.23. The average molecular weight is 402 g/mol. The van der Waals surface area contributed by atoms with Crippen LogP contribution >= 0.6 is 0 Å². The van der Waals surface area contributed by atoms with Crippen LogP contribution in [0, 0.1) is 6.92 Å². The van der Waals surface area contributed by atoms with E-state index >= 15 is 0 Å². The van der Waals surface area contributed by atoms with E-state index in [0.29, 0.717) is 13.1 Å². The van der Waals surface area contributed by atoms with Crippen LogP contribution in [0.3, 0.4) is 0 Å². The second-order valence-electron chi connectivity index (χ2n) is 7.85. The van der Waals surface area contributed by atoms with E-state index in [-0.39, 0.29) is 17.0 Å². The lowest BCUT2D eigenvalue weighted by Crippen LogP contribution is -2.49. The molecule has 1 N–H and O–H groups in total. The monoisotopic (exact) mass is 401 g/mol. The molecule has 1 aliphatic heterocycles. The van der Waals surface area contributed by atoms with Crippen LogP contribution in [0.2, 0.25) is 0 Å². The molecule has 5 nitrogen and oxygen atoms in total. The van der Waals surface area contributed by atoms with Crippen LogP contribution in [0.1, 0.15) is 21.5 Å². The van der Waals surface area contributed by atoms with Gasteiger partial charge in [-0.15, -0.1) is 0 Å². The van der Waals surface area contributed by atoms with Crippen LogP contribution < -0.4 is 5.56 Å². The van der Waals surface area contributed by atoms with Crippen molar-refractivity contribution < 1.29 is 4.79 Å². The highest BCUT2D eigenvalue weighted by molar-refractivity contribution is 5.94. The first-order chi connectivity index (χ1) is 14.6. The van der Waals surface area contributed by atoms with Gasteiger partial charge in [0.05, 0.1) is 0 Å². The zero-order valence-corrected chi connectivity index (χ0v) is 17.3. The summed E-state index contributed by atoms with van der Waals surface area (Å²) in [6.45, 7) is 5.95. The van der Waals surface area contributed by atoms with Gasteiger partial charge in [0.2, 0.25) is 0 Å². The van der Waals surface area contributed by atoms with Gasteiger partial charge in [-0.1, -0.05) is 54.1 Å². The Morgan fingerprint density at radius 3 is 2.40 bits per heavy atom. The molecule has 2 aromatic carbocycles. The summed E-state index contributed by atoms with van der Waals surface area (Å²) >= 11 is 0. The van der Waals surface area contributed by atoms with Crippen molar-refractivity contribution in [3.8, 4) is 11.3 Å². The highest BCUT2D eigenvalue weighted by atomic mass is 16.2. The maximum Gasteiger partial charge on any atom is 0.261 e. The second-order valence-corrected chi connectivity index (χ2v) is 7.85. The maximum absolute atomic E-state index is 12.9. The predicted octanol–water partition coefficient (Wildman–Crippen LogP) is 3.35. The Morgan fingerprint density at radius 2 is 1.70 bits per heavy atom. The van der Waals surface area contributed by atoms with Crippen LogP contribution in [-0.4, -0.2) is 53.4 Å². The van der Waals surface area contributed by atoms with E-state index in [1.807, 2.05) is 43.3 Å². The van der Waals surface area contributed by atoms with E-state index in [2.05, 4.69) is 34.1 Å². The zero-order chi connectivity index (χ0) is 20.9. The lowest BCUT2D eigenvalue weighted by Gasteiger charge is -2.34. The number of piperazine rings is 1. The quantitative estimate of drug-likeness (QED) is 0.713. The number of rotatable bonds is 5. The molecule has 0 bridgehead atoms. The minimum Gasteiger partial charge on any atom is -0.336 e. The van der Waals surface area contributed by atoms with Gasteiger partial charge in [-0.05, 0) is 42.7 Å². The molecular weight excluding hydrogens is 374 g/mol. The van der Waals surface area contributed by atoms with E-state index in [4.69, 9.17) is 0 Å². The molecule has 30 heavy (non-hydrogen) atoms. The van der Waals surface area contributed by atoms with Crippen molar-refractivity contribution in [3.63, 3.8) is 0 Å². The SMILES string of the molecule is Cc1cccc(-c2ccc(C(=O)N3CCN(CCc4ccccc4)CC3)c(=O)[nH]2)c1. The minimum atomic E-state index is -0.328. The van der Waals surface area contributed by atoms with Gasteiger partial charge in [0, 0.05) is 38.4 Å². The summed E-state index contributed by atoms with van der Waals surface area (Å²) in [5, 5.41) is 0. The molecule has 0 aliphatic carbocycles. The topological polar surface area (TPSA) is 56.4 Å². The number of aromatic amines is 1. The largest absolute Gasteiger partial charge is 0.336 e. The summed E-state index contributed by atoms with van der Waals surface area (Å²) in [5.41, 5.74) is 4.01. The summed E-state index contributed by atoms with van der Waals surface area (Å²) in [7, 11) is 0. The third-order valence-corrected chi connectivity index (χ3v) is 5.69. The normalized spacial score (nSPS) is 14.6. The molecule has 0 radical (unpaired) electrons. The number of H-pyrrole nitrogens is 1. The molecule has 2 heterocycles. The molecule has 3 aromatic rings. The Balaban J connectivity index is 1.36. The molecule has 0 spiro atoms. The molecule has 1 amide bonds. The van der Waals surface area contributed by atoms with Crippen molar-refractivity contribution >= 4 is 5.91 Å². The Morgan fingerprint density at radius 1 is 0.933 bits per heavy atom. The van der Waals surface area contributed by atoms with Gasteiger partial charge in [-0.25, -0.2) is 0 Å². The zero-order valence-electron chi connectivity index (χ0n) is 17.3. The molecule has 154 valence electrons. The fourth-order valence-electron chi connectivity index (χ4n) is 3.90. The van der Waals surface area contributed by atoms with Gasteiger partial charge in [0.1, 0.15) is 5.56 Å². The summed E-state index contributed by atoms with van der Waals surface area (Å²) in [4.78, 5) is 32.5.